The Hall–Kier alpha value is -1.43. The lowest BCUT2D eigenvalue weighted by molar-refractivity contribution is -0.139. The van der Waals surface area contributed by atoms with E-state index >= 15 is 0 Å². The highest BCUT2D eigenvalue weighted by atomic mass is 16.2. The predicted molar refractivity (Wildman–Crippen MR) is 86.8 cm³/mol. The van der Waals surface area contributed by atoms with Gasteiger partial charge in [0, 0.05) is 44.2 Å². The fourth-order valence-corrected chi connectivity index (χ4v) is 4.48. The molecule has 0 radical (unpaired) electrons. The van der Waals surface area contributed by atoms with Crippen LogP contribution in [0.5, 0.6) is 0 Å². The summed E-state index contributed by atoms with van der Waals surface area (Å²) in [6, 6.07) is 1.20. The second kappa shape index (κ2) is 6.59. The van der Waals surface area contributed by atoms with E-state index in [1.807, 2.05) is 4.57 Å². The van der Waals surface area contributed by atoms with Gasteiger partial charge in [-0.25, -0.2) is 0 Å². The molecular formula is C17H27N5O. The molecule has 6 heteroatoms. The highest BCUT2D eigenvalue weighted by molar-refractivity contribution is 5.79. The highest BCUT2D eigenvalue weighted by Gasteiger charge is 2.38. The summed E-state index contributed by atoms with van der Waals surface area (Å²) in [6.07, 6.45) is 12.0. The van der Waals surface area contributed by atoms with Crippen LogP contribution in [0.4, 0.5) is 0 Å². The molecule has 3 aliphatic rings. The minimum absolute atomic E-state index is 0.209. The summed E-state index contributed by atoms with van der Waals surface area (Å²) in [5.74, 6) is 0.586. The molecule has 1 aromatic heterocycles. The number of carbonyl (C=O) groups excluding carboxylic acids is 1. The first-order valence-electron chi connectivity index (χ1n) is 9.18. The van der Waals surface area contributed by atoms with E-state index in [9.17, 15) is 4.79 Å². The molecule has 23 heavy (non-hydrogen) atoms. The molecule has 3 fully saturated rings. The van der Waals surface area contributed by atoms with Gasteiger partial charge in [0.2, 0.25) is 5.91 Å². The van der Waals surface area contributed by atoms with Crippen molar-refractivity contribution in [3.8, 4) is 0 Å². The van der Waals surface area contributed by atoms with Gasteiger partial charge in [-0.3, -0.25) is 9.69 Å². The van der Waals surface area contributed by atoms with Crippen LogP contribution < -0.4 is 0 Å². The molecule has 0 atom stereocenters. The number of aromatic nitrogens is 3. The molecule has 1 aromatic rings. The monoisotopic (exact) mass is 317 g/mol. The number of nitrogens with zero attached hydrogens (tertiary/aromatic N) is 5. The fourth-order valence-electron chi connectivity index (χ4n) is 4.48. The van der Waals surface area contributed by atoms with Crippen LogP contribution >= 0.6 is 0 Å². The van der Waals surface area contributed by atoms with Crippen LogP contribution in [0.25, 0.3) is 0 Å². The van der Waals surface area contributed by atoms with E-state index < -0.39 is 0 Å². The second-order valence-corrected chi connectivity index (χ2v) is 7.38. The van der Waals surface area contributed by atoms with Crippen molar-refractivity contribution in [2.75, 3.05) is 26.2 Å². The maximum absolute atomic E-state index is 12.7. The van der Waals surface area contributed by atoms with Gasteiger partial charge in [0.1, 0.15) is 12.7 Å². The van der Waals surface area contributed by atoms with Gasteiger partial charge < -0.3 is 9.47 Å². The normalized spacial score (nSPS) is 30.2. The van der Waals surface area contributed by atoms with Gasteiger partial charge in [-0.05, 0) is 32.1 Å². The Kier molecular flexibility index (Phi) is 4.33. The Morgan fingerprint density at radius 2 is 1.61 bits per heavy atom. The molecule has 1 aliphatic heterocycles. The van der Waals surface area contributed by atoms with E-state index in [0.29, 0.717) is 11.9 Å². The maximum atomic E-state index is 12.7. The molecule has 0 bridgehead atoms. The zero-order valence-corrected chi connectivity index (χ0v) is 13.8. The van der Waals surface area contributed by atoms with Crippen molar-refractivity contribution in [3.05, 3.63) is 12.7 Å². The van der Waals surface area contributed by atoms with Gasteiger partial charge in [-0.1, -0.05) is 12.8 Å². The highest BCUT2D eigenvalue weighted by Crippen LogP contribution is 2.38. The molecule has 2 aliphatic carbocycles. The molecule has 2 saturated carbocycles. The fraction of sp³-hybridized carbons (Fsp3) is 0.824. The molecule has 0 N–H and O–H groups in total. The Balaban J connectivity index is 1.28. The van der Waals surface area contributed by atoms with Crippen LogP contribution in [0.1, 0.15) is 51.0 Å². The van der Waals surface area contributed by atoms with Crippen LogP contribution in [0.3, 0.4) is 0 Å². The summed E-state index contributed by atoms with van der Waals surface area (Å²) in [5.41, 5.74) is 0. The van der Waals surface area contributed by atoms with Crippen molar-refractivity contribution in [2.24, 2.45) is 5.92 Å². The van der Waals surface area contributed by atoms with Crippen LogP contribution in [-0.2, 0) is 4.79 Å². The summed E-state index contributed by atoms with van der Waals surface area (Å²) in [7, 11) is 0. The first kappa shape index (κ1) is 15.1. The first-order chi connectivity index (χ1) is 11.3. The maximum Gasteiger partial charge on any atom is 0.225 e. The number of amides is 1. The van der Waals surface area contributed by atoms with E-state index in [1.54, 1.807) is 12.7 Å². The second-order valence-electron chi connectivity index (χ2n) is 7.38. The lowest BCUT2D eigenvalue weighted by atomic mass is 9.79. The molecule has 6 nitrogen and oxygen atoms in total. The molecule has 1 saturated heterocycles. The third-order valence-electron chi connectivity index (χ3n) is 6.00. The molecule has 0 aromatic carbocycles. The van der Waals surface area contributed by atoms with Gasteiger partial charge in [0.05, 0.1) is 0 Å². The minimum atomic E-state index is 0.209. The van der Waals surface area contributed by atoms with Gasteiger partial charge in [-0.2, -0.15) is 0 Å². The average Bonchev–Trinajstić information content (AvgIpc) is 3.16. The number of rotatable bonds is 3. The first-order valence-corrected chi connectivity index (χ1v) is 9.18. The van der Waals surface area contributed by atoms with E-state index in [-0.39, 0.29) is 5.92 Å². The molecular weight excluding hydrogens is 290 g/mol. The lowest BCUT2D eigenvalue weighted by Gasteiger charge is -2.37. The molecule has 2 heterocycles. The van der Waals surface area contributed by atoms with Crippen molar-refractivity contribution in [3.63, 3.8) is 0 Å². The molecule has 1 amide bonds. The average molecular weight is 317 g/mol. The van der Waals surface area contributed by atoms with Crippen molar-refractivity contribution < 1.29 is 4.79 Å². The van der Waals surface area contributed by atoms with Crippen LogP contribution in [0.2, 0.25) is 0 Å². The van der Waals surface area contributed by atoms with E-state index in [2.05, 4.69) is 20.0 Å². The SMILES string of the molecule is O=C(C1CC(n2cnnc2)C1)N1CCCN(C2CCCC2)CC1. The van der Waals surface area contributed by atoms with E-state index in [1.165, 1.54) is 32.2 Å². The Labute approximate surface area is 137 Å². The largest absolute Gasteiger partial charge is 0.341 e. The van der Waals surface area contributed by atoms with Crippen molar-refractivity contribution in [1.82, 2.24) is 24.6 Å². The third-order valence-corrected chi connectivity index (χ3v) is 6.00. The van der Waals surface area contributed by atoms with E-state index in [4.69, 9.17) is 0 Å². The quantitative estimate of drug-likeness (QED) is 0.851. The number of hydrogen-bond donors (Lipinski definition) is 0. The zero-order valence-electron chi connectivity index (χ0n) is 13.8. The van der Waals surface area contributed by atoms with E-state index in [0.717, 1.165) is 44.9 Å². The Morgan fingerprint density at radius 1 is 0.870 bits per heavy atom. The topological polar surface area (TPSA) is 54.3 Å². The minimum Gasteiger partial charge on any atom is -0.341 e. The van der Waals surface area contributed by atoms with Gasteiger partial charge >= 0.3 is 0 Å². The Morgan fingerprint density at radius 3 is 2.35 bits per heavy atom. The van der Waals surface area contributed by atoms with Crippen molar-refractivity contribution >= 4 is 5.91 Å². The molecule has 126 valence electrons. The standard InChI is InChI=1S/C17H27N5O/c23-17(14-10-16(11-14)22-12-18-19-13-22)21-7-3-6-20(8-9-21)15-4-1-2-5-15/h12-16H,1-11H2. The van der Waals surface area contributed by atoms with Gasteiger partial charge in [-0.15, -0.1) is 10.2 Å². The summed E-state index contributed by atoms with van der Waals surface area (Å²) < 4.78 is 2.04. The van der Waals surface area contributed by atoms with Crippen LogP contribution in [0, 0.1) is 5.92 Å². The molecule has 0 unspecified atom stereocenters. The summed E-state index contributed by atoms with van der Waals surface area (Å²) in [4.78, 5) is 17.5. The van der Waals surface area contributed by atoms with Crippen molar-refractivity contribution in [2.45, 2.75) is 57.0 Å². The number of carbonyl (C=O) groups is 1. The van der Waals surface area contributed by atoms with Crippen LogP contribution in [-0.4, -0.2) is 62.7 Å². The summed E-state index contributed by atoms with van der Waals surface area (Å²) in [5, 5.41) is 7.71. The number of hydrogen-bond acceptors (Lipinski definition) is 4. The Bertz CT molecular complexity index is 519. The van der Waals surface area contributed by atoms with Gasteiger partial charge in [0.25, 0.3) is 0 Å². The molecule has 4 rings (SSSR count). The smallest absolute Gasteiger partial charge is 0.225 e. The third kappa shape index (κ3) is 3.13. The van der Waals surface area contributed by atoms with Crippen LogP contribution in [0.15, 0.2) is 12.7 Å². The summed E-state index contributed by atoms with van der Waals surface area (Å²) >= 11 is 0. The summed E-state index contributed by atoms with van der Waals surface area (Å²) in [6.45, 7) is 4.10. The zero-order chi connectivity index (χ0) is 15.6. The molecule has 0 spiro atoms. The van der Waals surface area contributed by atoms with Crippen molar-refractivity contribution in [1.29, 1.82) is 0 Å². The predicted octanol–water partition coefficient (Wildman–Crippen LogP) is 1.71. The van der Waals surface area contributed by atoms with Gasteiger partial charge in [0.15, 0.2) is 0 Å². The lowest BCUT2D eigenvalue weighted by Crippen LogP contribution is -2.44.